The molecule has 8 heteroatoms. The first-order chi connectivity index (χ1) is 12.3. The molecule has 0 saturated carbocycles. The molecule has 0 amide bonds. The van der Waals surface area contributed by atoms with E-state index in [1.165, 1.54) is 0 Å². The van der Waals surface area contributed by atoms with E-state index in [2.05, 4.69) is 30.5 Å². The zero-order chi connectivity index (χ0) is 17.1. The summed E-state index contributed by atoms with van der Waals surface area (Å²) in [5.74, 6) is 0.560. The fraction of sp³-hybridized carbons (Fsp3) is 0. The lowest BCUT2D eigenvalue weighted by molar-refractivity contribution is 0.865. The number of rotatable bonds is 4. The van der Waals surface area contributed by atoms with Crippen LogP contribution in [-0.4, -0.2) is 36.3 Å². The van der Waals surface area contributed by atoms with Gasteiger partial charge in [0.15, 0.2) is 0 Å². The Morgan fingerprint density at radius 3 is 2.60 bits per heavy atom. The highest BCUT2D eigenvalue weighted by Gasteiger charge is 2.12. The molecule has 1 aromatic carbocycles. The minimum absolute atomic E-state index is 0.399. The van der Waals surface area contributed by atoms with E-state index < -0.39 is 0 Å². The number of H-pyrrole nitrogens is 2. The minimum Gasteiger partial charge on any atom is -0.274 e. The van der Waals surface area contributed by atoms with Gasteiger partial charge in [-0.05, 0) is 36.0 Å². The molecule has 2 N–H and O–H groups in total. The van der Waals surface area contributed by atoms with E-state index in [1.54, 1.807) is 23.3 Å². The van der Waals surface area contributed by atoms with Crippen LogP contribution in [0.5, 0.6) is 0 Å². The van der Waals surface area contributed by atoms with Gasteiger partial charge in [0.2, 0.25) is 10.6 Å². The van der Waals surface area contributed by atoms with Gasteiger partial charge >= 0.3 is 0 Å². The molecular formula is C17H13N7S. The zero-order valence-corrected chi connectivity index (χ0v) is 13.8. The fourth-order valence-corrected chi connectivity index (χ4v) is 2.52. The predicted molar refractivity (Wildman–Crippen MR) is 97.7 cm³/mol. The maximum atomic E-state index is 5.27. The van der Waals surface area contributed by atoms with Crippen molar-refractivity contribution in [1.82, 2.24) is 30.1 Å². The molecule has 0 radical (unpaired) electrons. The lowest BCUT2D eigenvalue weighted by atomic mass is 10.1. The zero-order valence-electron chi connectivity index (χ0n) is 13.0. The molecule has 0 unspecified atom stereocenters. The van der Waals surface area contributed by atoms with Crippen LogP contribution in [0.2, 0.25) is 0 Å². The highest BCUT2D eigenvalue weighted by atomic mass is 32.1. The summed E-state index contributed by atoms with van der Waals surface area (Å²) in [6.07, 6.45) is 5.11. The van der Waals surface area contributed by atoms with Crippen LogP contribution in [0.1, 0.15) is 5.56 Å². The van der Waals surface area contributed by atoms with E-state index in [0.717, 1.165) is 22.5 Å². The number of aromatic amines is 2. The van der Waals surface area contributed by atoms with E-state index in [-0.39, 0.29) is 0 Å². The van der Waals surface area contributed by atoms with Crippen molar-refractivity contribution in [3.05, 3.63) is 71.3 Å². The summed E-state index contributed by atoms with van der Waals surface area (Å²) >= 11 is 5.27. The molecule has 3 aromatic heterocycles. The third-order valence-corrected chi connectivity index (χ3v) is 3.83. The summed E-state index contributed by atoms with van der Waals surface area (Å²) in [4.78, 5) is 3.98. The lowest BCUT2D eigenvalue weighted by Gasteiger charge is -1.97. The first-order valence-corrected chi connectivity index (χ1v) is 7.95. The van der Waals surface area contributed by atoms with Crippen molar-refractivity contribution in [2.45, 2.75) is 0 Å². The Morgan fingerprint density at radius 1 is 1.00 bits per heavy atom. The van der Waals surface area contributed by atoms with Gasteiger partial charge in [-0.15, -0.1) is 0 Å². The Kier molecular flexibility index (Phi) is 4.01. The van der Waals surface area contributed by atoms with Gasteiger partial charge in [0.05, 0.1) is 11.9 Å². The molecule has 3 heterocycles. The topological polar surface area (TPSA) is 87.5 Å². The smallest absolute Gasteiger partial charge is 0.216 e. The monoisotopic (exact) mass is 347 g/mol. The Bertz CT molecular complexity index is 1060. The highest BCUT2D eigenvalue weighted by molar-refractivity contribution is 7.71. The first kappa shape index (κ1) is 15.2. The minimum atomic E-state index is 0.399. The van der Waals surface area contributed by atoms with Gasteiger partial charge in [0.25, 0.3) is 0 Å². The quantitative estimate of drug-likeness (QED) is 0.438. The maximum absolute atomic E-state index is 5.27. The lowest BCUT2D eigenvalue weighted by Crippen LogP contribution is -1.95. The summed E-state index contributed by atoms with van der Waals surface area (Å²) in [6, 6.07) is 15.5. The second kappa shape index (κ2) is 6.62. The number of hydrogen-bond acceptors (Lipinski definition) is 5. The Hall–Kier alpha value is -3.39. The molecule has 0 spiro atoms. The van der Waals surface area contributed by atoms with E-state index in [9.17, 15) is 0 Å². The van der Waals surface area contributed by atoms with Crippen LogP contribution >= 0.6 is 12.2 Å². The molecule has 0 atom stereocenters. The molecule has 7 nitrogen and oxygen atoms in total. The Labute approximate surface area is 148 Å². The Balaban J connectivity index is 1.70. The van der Waals surface area contributed by atoms with Crippen molar-refractivity contribution in [3.8, 4) is 22.8 Å². The van der Waals surface area contributed by atoms with Crippen molar-refractivity contribution >= 4 is 18.4 Å². The van der Waals surface area contributed by atoms with Crippen LogP contribution in [0.25, 0.3) is 22.8 Å². The third-order valence-electron chi connectivity index (χ3n) is 3.57. The molecular weight excluding hydrogens is 334 g/mol. The van der Waals surface area contributed by atoms with Gasteiger partial charge in [-0.3, -0.25) is 10.1 Å². The van der Waals surface area contributed by atoms with Crippen LogP contribution in [0.4, 0.5) is 0 Å². The van der Waals surface area contributed by atoms with Crippen LogP contribution in [0, 0.1) is 4.77 Å². The Morgan fingerprint density at radius 2 is 1.80 bits per heavy atom. The maximum Gasteiger partial charge on any atom is 0.216 e. The van der Waals surface area contributed by atoms with Crippen molar-refractivity contribution in [3.63, 3.8) is 0 Å². The molecule has 0 aliphatic heterocycles. The van der Waals surface area contributed by atoms with E-state index in [1.807, 2.05) is 48.5 Å². The van der Waals surface area contributed by atoms with Gasteiger partial charge in [0.1, 0.15) is 5.69 Å². The molecule has 0 aliphatic carbocycles. The van der Waals surface area contributed by atoms with Gasteiger partial charge in [-0.1, -0.05) is 30.3 Å². The predicted octanol–water partition coefficient (Wildman–Crippen LogP) is 3.27. The van der Waals surface area contributed by atoms with Crippen molar-refractivity contribution in [2.24, 2.45) is 5.10 Å². The summed E-state index contributed by atoms with van der Waals surface area (Å²) in [5.41, 5.74) is 3.48. The summed E-state index contributed by atoms with van der Waals surface area (Å²) in [5, 5.41) is 18.8. The molecule has 0 bridgehead atoms. The molecule has 0 saturated heterocycles. The van der Waals surface area contributed by atoms with E-state index >= 15 is 0 Å². The third kappa shape index (κ3) is 3.15. The van der Waals surface area contributed by atoms with Crippen LogP contribution in [-0.2, 0) is 0 Å². The molecule has 4 aromatic rings. The van der Waals surface area contributed by atoms with Crippen molar-refractivity contribution in [1.29, 1.82) is 0 Å². The van der Waals surface area contributed by atoms with Gasteiger partial charge < -0.3 is 0 Å². The normalized spacial score (nSPS) is 11.2. The van der Waals surface area contributed by atoms with Gasteiger partial charge in [-0.25, -0.2) is 5.10 Å². The number of pyridine rings is 1. The largest absolute Gasteiger partial charge is 0.274 e. The van der Waals surface area contributed by atoms with Crippen LogP contribution in [0.15, 0.2) is 66.0 Å². The van der Waals surface area contributed by atoms with Gasteiger partial charge in [0, 0.05) is 18.0 Å². The summed E-state index contributed by atoms with van der Waals surface area (Å²) in [7, 11) is 0. The van der Waals surface area contributed by atoms with Crippen molar-refractivity contribution in [2.75, 3.05) is 0 Å². The first-order valence-electron chi connectivity index (χ1n) is 7.54. The molecule has 122 valence electrons. The average Bonchev–Trinajstić information content (AvgIpc) is 3.28. The summed E-state index contributed by atoms with van der Waals surface area (Å²) in [6.45, 7) is 0. The number of benzene rings is 1. The second-order valence-corrected chi connectivity index (χ2v) is 5.61. The van der Waals surface area contributed by atoms with E-state index in [4.69, 9.17) is 12.2 Å². The number of nitrogens with zero attached hydrogens (tertiary/aromatic N) is 5. The molecule has 4 rings (SSSR count). The molecule has 0 fully saturated rings. The summed E-state index contributed by atoms with van der Waals surface area (Å²) < 4.78 is 1.95. The second-order valence-electron chi connectivity index (χ2n) is 5.22. The fourth-order valence-electron chi connectivity index (χ4n) is 2.34. The standard InChI is InChI=1S/C17H13N7S/c25-17-23-22-16(24(17)19-11-12-6-8-18-9-7-12)15-10-14(20-21-15)13-4-2-1-3-5-13/h1-11H,(H,20,21)(H,23,25)/b19-11+. The van der Waals surface area contributed by atoms with Crippen LogP contribution in [0.3, 0.4) is 0 Å². The van der Waals surface area contributed by atoms with Crippen molar-refractivity contribution < 1.29 is 0 Å². The molecule has 0 aliphatic rings. The number of aromatic nitrogens is 6. The number of nitrogens with one attached hydrogen (secondary N) is 2. The van der Waals surface area contributed by atoms with Crippen LogP contribution < -0.4 is 0 Å². The number of hydrogen-bond donors (Lipinski definition) is 2. The average molecular weight is 347 g/mol. The SMILES string of the molecule is S=c1[nH]nc(-c2cc(-c3ccccc3)n[nH]2)n1/N=C/c1ccncc1. The highest BCUT2D eigenvalue weighted by Crippen LogP contribution is 2.22. The molecule has 25 heavy (non-hydrogen) atoms. The van der Waals surface area contributed by atoms with E-state index in [0.29, 0.717) is 10.6 Å². The van der Waals surface area contributed by atoms with Gasteiger partial charge in [-0.2, -0.15) is 20.0 Å².